The summed E-state index contributed by atoms with van der Waals surface area (Å²) in [5, 5.41) is 9.18. The molecular weight excluding hydrogens is 344 g/mol. The van der Waals surface area contributed by atoms with Crippen molar-refractivity contribution in [3.05, 3.63) is 65.2 Å². The number of hydrogen-bond acceptors (Lipinski definition) is 3. The second-order valence-corrected chi connectivity index (χ2v) is 8.89. The van der Waals surface area contributed by atoms with E-state index in [2.05, 4.69) is 31.2 Å². The van der Waals surface area contributed by atoms with Crippen molar-refractivity contribution in [2.75, 3.05) is 13.1 Å². The minimum absolute atomic E-state index is 0.126. The van der Waals surface area contributed by atoms with E-state index in [4.69, 9.17) is 0 Å². The van der Waals surface area contributed by atoms with Gasteiger partial charge in [-0.3, -0.25) is 0 Å². The Kier molecular flexibility index (Phi) is 5.75. The molecule has 136 valence electrons. The van der Waals surface area contributed by atoms with Crippen molar-refractivity contribution in [2.24, 2.45) is 5.92 Å². The maximum atomic E-state index is 12.9. The van der Waals surface area contributed by atoms with Gasteiger partial charge in [-0.05, 0) is 56.2 Å². The van der Waals surface area contributed by atoms with Gasteiger partial charge in [0.05, 0.1) is 10.5 Å². The molecule has 4 nitrogen and oxygen atoms in total. The first-order chi connectivity index (χ1) is 12.5. The fraction of sp³-hybridized carbons (Fsp3) is 0.381. The van der Waals surface area contributed by atoms with Crippen LogP contribution in [0, 0.1) is 24.2 Å². The van der Waals surface area contributed by atoms with Crippen LogP contribution in [-0.4, -0.2) is 25.8 Å². The Morgan fingerprint density at radius 1 is 1.08 bits per heavy atom. The molecule has 3 rings (SSSR count). The third-order valence-electron chi connectivity index (χ3n) is 5.16. The van der Waals surface area contributed by atoms with Crippen molar-refractivity contribution < 1.29 is 8.42 Å². The minimum Gasteiger partial charge on any atom is -0.207 e. The lowest BCUT2D eigenvalue weighted by atomic mass is 9.91. The summed E-state index contributed by atoms with van der Waals surface area (Å²) in [6, 6.07) is 17.0. The van der Waals surface area contributed by atoms with E-state index in [1.807, 2.05) is 6.07 Å². The predicted octanol–water partition coefficient (Wildman–Crippen LogP) is 3.90. The maximum Gasteiger partial charge on any atom is 0.244 e. The van der Waals surface area contributed by atoms with E-state index < -0.39 is 10.0 Å². The van der Waals surface area contributed by atoms with E-state index in [0.29, 0.717) is 19.0 Å². The molecule has 1 aliphatic heterocycles. The summed E-state index contributed by atoms with van der Waals surface area (Å²) >= 11 is 0. The van der Waals surface area contributed by atoms with Crippen LogP contribution in [0.25, 0.3) is 0 Å². The molecule has 0 bridgehead atoms. The minimum atomic E-state index is -3.59. The van der Waals surface area contributed by atoms with Crippen LogP contribution in [-0.2, 0) is 16.4 Å². The standard InChI is InChI=1S/C21H24N2O2S/c1-17-6-8-18(9-7-17)10-11-19-12-14-23(15-13-19)26(24,25)21-5-3-2-4-20(21)16-22/h2-9,19H,10-15H2,1H3. The molecule has 0 atom stereocenters. The summed E-state index contributed by atoms with van der Waals surface area (Å²) in [5.41, 5.74) is 2.83. The smallest absolute Gasteiger partial charge is 0.207 e. The van der Waals surface area contributed by atoms with E-state index in [1.54, 1.807) is 18.2 Å². The summed E-state index contributed by atoms with van der Waals surface area (Å²) in [4.78, 5) is 0.126. The molecule has 0 saturated carbocycles. The second-order valence-electron chi connectivity index (χ2n) is 6.98. The van der Waals surface area contributed by atoms with Crippen molar-refractivity contribution in [3.8, 4) is 6.07 Å². The van der Waals surface area contributed by atoms with Crippen molar-refractivity contribution in [1.29, 1.82) is 5.26 Å². The molecule has 0 spiro atoms. The quantitative estimate of drug-likeness (QED) is 0.804. The first-order valence-corrected chi connectivity index (χ1v) is 10.5. The molecule has 1 fully saturated rings. The molecule has 1 heterocycles. The third kappa shape index (κ3) is 4.14. The van der Waals surface area contributed by atoms with E-state index in [0.717, 1.165) is 25.7 Å². The molecule has 0 aromatic heterocycles. The van der Waals surface area contributed by atoms with Gasteiger partial charge in [-0.1, -0.05) is 42.0 Å². The summed E-state index contributed by atoms with van der Waals surface area (Å²) < 4.78 is 27.3. The molecular formula is C21H24N2O2S. The monoisotopic (exact) mass is 368 g/mol. The Morgan fingerprint density at radius 2 is 1.73 bits per heavy atom. The van der Waals surface area contributed by atoms with E-state index >= 15 is 0 Å². The largest absolute Gasteiger partial charge is 0.244 e. The first-order valence-electron chi connectivity index (χ1n) is 9.05. The molecule has 26 heavy (non-hydrogen) atoms. The molecule has 0 aliphatic carbocycles. The second kappa shape index (κ2) is 8.03. The van der Waals surface area contributed by atoms with Crippen LogP contribution in [0.3, 0.4) is 0 Å². The van der Waals surface area contributed by atoms with Gasteiger partial charge in [0.25, 0.3) is 0 Å². The van der Waals surface area contributed by atoms with Crippen molar-refractivity contribution in [2.45, 2.75) is 37.5 Å². The van der Waals surface area contributed by atoms with Crippen LogP contribution >= 0.6 is 0 Å². The van der Waals surface area contributed by atoms with Crippen molar-refractivity contribution in [1.82, 2.24) is 4.31 Å². The van der Waals surface area contributed by atoms with Gasteiger partial charge in [0.2, 0.25) is 10.0 Å². The number of hydrogen-bond donors (Lipinski definition) is 0. The molecule has 2 aromatic rings. The van der Waals surface area contributed by atoms with Crippen molar-refractivity contribution >= 4 is 10.0 Å². The van der Waals surface area contributed by atoms with Gasteiger partial charge >= 0.3 is 0 Å². The van der Waals surface area contributed by atoms with Gasteiger partial charge in [-0.25, -0.2) is 8.42 Å². The highest BCUT2D eigenvalue weighted by Crippen LogP contribution is 2.28. The maximum absolute atomic E-state index is 12.9. The Bertz CT molecular complexity index is 890. The van der Waals surface area contributed by atoms with Crippen LogP contribution in [0.2, 0.25) is 0 Å². The summed E-state index contributed by atoms with van der Waals surface area (Å²) in [5.74, 6) is 0.550. The van der Waals surface area contributed by atoms with Gasteiger partial charge in [0, 0.05) is 13.1 Å². The van der Waals surface area contributed by atoms with E-state index in [9.17, 15) is 13.7 Å². The Hall–Kier alpha value is -2.16. The average Bonchev–Trinajstić information content (AvgIpc) is 2.68. The zero-order chi connectivity index (χ0) is 18.6. The highest BCUT2D eigenvalue weighted by Gasteiger charge is 2.30. The van der Waals surface area contributed by atoms with Crippen LogP contribution in [0.15, 0.2) is 53.4 Å². The van der Waals surface area contributed by atoms with E-state index in [1.165, 1.54) is 21.5 Å². The number of aryl methyl sites for hydroxylation is 2. The van der Waals surface area contributed by atoms with Crippen LogP contribution < -0.4 is 0 Å². The molecule has 0 amide bonds. The molecule has 0 unspecified atom stereocenters. The molecule has 2 aromatic carbocycles. The lowest BCUT2D eigenvalue weighted by Crippen LogP contribution is -2.38. The zero-order valence-corrected chi connectivity index (χ0v) is 15.9. The number of sulfonamides is 1. The SMILES string of the molecule is Cc1ccc(CCC2CCN(S(=O)(=O)c3ccccc3C#N)CC2)cc1. The summed E-state index contributed by atoms with van der Waals surface area (Å²) in [6.45, 7) is 3.14. The Balaban J connectivity index is 1.59. The molecule has 5 heteroatoms. The summed E-state index contributed by atoms with van der Waals surface area (Å²) in [7, 11) is -3.59. The van der Waals surface area contributed by atoms with Crippen LogP contribution in [0.1, 0.15) is 36.0 Å². The topological polar surface area (TPSA) is 61.2 Å². The van der Waals surface area contributed by atoms with E-state index in [-0.39, 0.29) is 10.5 Å². The Labute approximate surface area is 156 Å². The highest BCUT2D eigenvalue weighted by molar-refractivity contribution is 7.89. The summed E-state index contributed by atoms with van der Waals surface area (Å²) in [6.07, 6.45) is 3.88. The van der Waals surface area contributed by atoms with Crippen LogP contribution in [0.5, 0.6) is 0 Å². The highest BCUT2D eigenvalue weighted by atomic mass is 32.2. The van der Waals surface area contributed by atoms with Gasteiger partial charge < -0.3 is 0 Å². The zero-order valence-electron chi connectivity index (χ0n) is 15.1. The number of rotatable bonds is 5. The van der Waals surface area contributed by atoms with Gasteiger partial charge in [0.1, 0.15) is 6.07 Å². The van der Waals surface area contributed by atoms with Gasteiger partial charge in [-0.2, -0.15) is 9.57 Å². The number of nitrogens with zero attached hydrogens (tertiary/aromatic N) is 2. The predicted molar refractivity (Wildman–Crippen MR) is 102 cm³/mol. The lowest BCUT2D eigenvalue weighted by molar-refractivity contribution is 0.263. The number of nitriles is 1. The third-order valence-corrected chi connectivity index (χ3v) is 7.12. The Morgan fingerprint density at radius 3 is 2.38 bits per heavy atom. The van der Waals surface area contributed by atoms with Crippen LogP contribution in [0.4, 0.5) is 0 Å². The molecule has 0 radical (unpaired) electrons. The fourth-order valence-corrected chi connectivity index (χ4v) is 5.10. The number of benzene rings is 2. The first kappa shape index (κ1) is 18.6. The average molecular weight is 369 g/mol. The molecule has 0 N–H and O–H groups in total. The fourth-order valence-electron chi connectivity index (χ4n) is 3.49. The van der Waals surface area contributed by atoms with Gasteiger partial charge in [0.15, 0.2) is 0 Å². The normalized spacial score (nSPS) is 16.3. The lowest BCUT2D eigenvalue weighted by Gasteiger charge is -2.31. The molecule has 1 aliphatic rings. The van der Waals surface area contributed by atoms with Gasteiger partial charge in [-0.15, -0.1) is 0 Å². The molecule has 1 saturated heterocycles. The van der Waals surface area contributed by atoms with Crippen molar-refractivity contribution in [3.63, 3.8) is 0 Å². The number of piperidine rings is 1.